The molecular formula is C36H65N3O7. The standard InChI is InChI=1S/C36H65N3O7/c1-24-25(15-31(2,3)37-24)21-44-28(40)18-36(43-14,19-29(41)45-22-26-16-32(4,5)38(12)34(26,8)9)20-30(42)46-23-27-17-33(6,7)39(13)35(27,10)11/h24-27,37H,15-23H2,1-14H3. The maximum Gasteiger partial charge on any atom is 0.308 e. The van der Waals surface area contributed by atoms with Crippen LogP contribution in [0.1, 0.15) is 115 Å². The van der Waals surface area contributed by atoms with Gasteiger partial charge in [-0.2, -0.15) is 0 Å². The maximum absolute atomic E-state index is 13.4. The molecule has 3 aliphatic rings. The Morgan fingerprint density at radius 3 is 1.33 bits per heavy atom. The van der Waals surface area contributed by atoms with E-state index in [1.54, 1.807) is 0 Å². The van der Waals surface area contributed by atoms with Crippen LogP contribution in [0.2, 0.25) is 0 Å². The predicted octanol–water partition coefficient (Wildman–Crippen LogP) is 4.97. The van der Waals surface area contributed by atoms with Crippen molar-refractivity contribution in [3.05, 3.63) is 0 Å². The first-order valence-corrected chi connectivity index (χ1v) is 17.2. The summed E-state index contributed by atoms with van der Waals surface area (Å²) < 4.78 is 23.3. The third kappa shape index (κ3) is 8.63. The number of hydrogen-bond donors (Lipinski definition) is 1. The molecule has 10 heteroatoms. The van der Waals surface area contributed by atoms with Crippen LogP contribution < -0.4 is 5.32 Å². The zero-order valence-electron chi connectivity index (χ0n) is 31.4. The van der Waals surface area contributed by atoms with Crippen LogP contribution in [0.5, 0.6) is 0 Å². The number of likely N-dealkylation sites (tertiary alicyclic amines) is 2. The summed E-state index contributed by atoms with van der Waals surface area (Å²) in [6.07, 6.45) is 1.85. The minimum Gasteiger partial charge on any atom is -0.465 e. The first kappa shape index (κ1) is 38.7. The molecular weight excluding hydrogens is 586 g/mol. The van der Waals surface area contributed by atoms with E-state index in [0.717, 1.165) is 19.3 Å². The average Bonchev–Trinajstić information content (AvgIpc) is 3.35. The highest BCUT2D eigenvalue weighted by molar-refractivity contribution is 5.79. The molecule has 46 heavy (non-hydrogen) atoms. The topological polar surface area (TPSA) is 107 Å². The van der Waals surface area contributed by atoms with E-state index >= 15 is 0 Å². The van der Waals surface area contributed by atoms with Crippen molar-refractivity contribution in [2.24, 2.45) is 17.8 Å². The van der Waals surface area contributed by atoms with Crippen molar-refractivity contribution >= 4 is 17.9 Å². The molecule has 3 aliphatic heterocycles. The Bertz CT molecular complexity index is 1060. The summed E-state index contributed by atoms with van der Waals surface area (Å²) in [5.74, 6) is -1.11. The Morgan fingerprint density at radius 2 is 1.04 bits per heavy atom. The molecule has 0 radical (unpaired) electrons. The lowest BCUT2D eigenvalue weighted by atomic mass is 9.87. The third-order valence-corrected chi connectivity index (χ3v) is 12.3. The zero-order chi connectivity index (χ0) is 35.1. The Hall–Kier alpha value is -1.75. The van der Waals surface area contributed by atoms with Gasteiger partial charge < -0.3 is 24.3 Å². The molecule has 4 atom stereocenters. The van der Waals surface area contributed by atoms with Crippen LogP contribution >= 0.6 is 0 Å². The molecule has 266 valence electrons. The zero-order valence-corrected chi connectivity index (χ0v) is 31.4. The average molecular weight is 652 g/mol. The number of rotatable bonds is 13. The van der Waals surface area contributed by atoms with Crippen molar-refractivity contribution in [3.8, 4) is 0 Å². The molecule has 0 bridgehead atoms. The van der Waals surface area contributed by atoms with Gasteiger partial charge in [-0.05, 0) is 110 Å². The van der Waals surface area contributed by atoms with Crippen molar-refractivity contribution in [1.29, 1.82) is 0 Å². The van der Waals surface area contributed by atoms with Crippen molar-refractivity contribution < 1.29 is 33.3 Å². The summed E-state index contributed by atoms with van der Waals surface area (Å²) in [5, 5.41) is 3.54. The summed E-state index contributed by atoms with van der Waals surface area (Å²) in [7, 11) is 5.63. The van der Waals surface area contributed by atoms with Gasteiger partial charge in [0.25, 0.3) is 0 Å². The summed E-state index contributed by atoms with van der Waals surface area (Å²) in [6.45, 7) is 24.5. The van der Waals surface area contributed by atoms with Gasteiger partial charge in [-0.1, -0.05) is 0 Å². The van der Waals surface area contributed by atoms with Gasteiger partial charge in [0.05, 0.1) is 44.7 Å². The van der Waals surface area contributed by atoms with Crippen molar-refractivity contribution in [2.45, 2.75) is 154 Å². The second-order valence-corrected chi connectivity index (χ2v) is 17.6. The quantitative estimate of drug-likeness (QED) is 0.217. The molecule has 0 saturated carbocycles. The maximum atomic E-state index is 13.4. The van der Waals surface area contributed by atoms with E-state index in [9.17, 15) is 14.4 Å². The van der Waals surface area contributed by atoms with E-state index in [1.807, 2.05) is 0 Å². The number of carbonyl (C=O) groups is 3. The monoisotopic (exact) mass is 651 g/mol. The minimum absolute atomic E-state index is 0.0240. The van der Waals surface area contributed by atoms with Gasteiger partial charge in [-0.25, -0.2) is 0 Å². The Morgan fingerprint density at radius 1 is 0.674 bits per heavy atom. The summed E-state index contributed by atoms with van der Waals surface area (Å²) >= 11 is 0. The number of methoxy groups -OCH3 is 1. The van der Waals surface area contributed by atoms with Crippen molar-refractivity contribution in [2.75, 3.05) is 41.0 Å². The van der Waals surface area contributed by atoms with E-state index in [-0.39, 0.29) is 90.6 Å². The van der Waals surface area contributed by atoms with Crippen LogP contribution in [-0.2, 0) is 33.3 Å². The summed E-state index contributed by atoms with van der Waals surface area (Å²) in [5.41, 5.74) is -1.85. The largest absolute Gasteiger partial charge is 0.465 e. The first-order valence-electron chi connectivity index (χ1n) is 17.2. The summed E-state index contributed by atoms with van der Waals surface area (Å²) in [6, 6.07) is 0.202. The van der Waals surface area contributed by atoms with E-state index in [0.29, 0.717) is 0 Å². The molecule has 1 N–H and O–H groups in total. The van der Waals surface area contributed by atoms with Crippen molar-refractivity contribution in [1.82, 2.24) is 15.1 Å². The van der Waals surface area contributed by atoms with Crippen molar-refractivity contribution in [3.63, 3.8) is 0 Å². The fraction of sp³-hybridized carbons (Fsp3) is 0.917. The molecule has 0 aromatic rings. The molecule has 4 unspecified atom stereocenters. The molecule has 3 rings (SSSR count). The van der Waals surface area contributed by atoms with E-state index < -0.39 is 23.5 Å². The lowest BCUT2D eigenvalue weighted by molar-refractivity contribution is -0.166. The highest BCUT2D eigenvalue weighted by Gasteiger charge is 2.51. The third-order valence-electron chi connectivity index (χ3n) is 12.3. The van der Waals surface area contributed by atoms with Crippen LogP contribution in [0.4, 0.5) is 0 Å². The number of esters is 3. The van der Waals surface area contributed by atoms with Crippen LogP contribution in [0.3, 0.4) is 0 Å². The lowest BCUT2D eigenvalue weighted by Gasteiger charge is -2.38. The highest BCUT2D eigenvalue weighted by atomic mass is 16.6. The van der Waals surface area contributed by atoms with Gasteiger partial charge >= 0.3 is 17.9 Å². The normalized spacial score (nSPS) is 30.9. The Kier molecular flexibility index (Phi) is 11.5. The second-order valence-electron chi connectivity index (χ2n) is 17.6. The lowest BCUT2D eigenvalue weighted by Crippen LogP contribution is -2.47. The summed E-state index contributed by atoms with van der Waals surface area (Å²) in [4.78, 5) is 44.7. The molecule has 0 aromatic heterocycles. The number of carbonyl (C=O) groups excluding carboxylic acids is 3. The smallest absolute Gasteiger partial charge is 0.308 e. The SMILES string of the molecule is COC(CC(=O)OCC1CC(C)(C)NC1C)(CC(=O)OCC1CC(C)(C)N(C)C1(C)C)CC(=O)OCC1CC(C)(C)N(C)C1(C)C. The number of hydrogen-bond acceptors (Lipinski definition) is 10. The van der Waals surface area contributed by atoms with Gasteiger partial charge in [-0.15, -0.1) is 0 Å². The highest BCUT2D eigenvalue weighted by Crippen LogP contribution is 2.45. The van der Waals surface area contributed by atoms with Gasteiger partial charge in [0.1, 0.15) is 0 Å². The number of nitrogens with one attached hydrogen (secondary N) is 1. The first-order chi connectivity index (χ1) is 20.9. The molecule has 0 aromatic carbocycles. The second kappa shape index (κ2) is 13.6. The molecule has 0 aliphatic carbocycles. The van der Waals surface area contributed by atoms with Crippen LogP contribution in [-0.4, -0.2) is 108 Å². The fourth-order valence-electron chi connectivity index (χ4n) is 8.37. The molecule has 3 fully saturated rings. The number of ether oxygens (including phenoxy) is 4. The van der Waals surface area contributed by atoms with Crippen LogP contribution in [0, 0.1) is 17.8 Å². The molecule has 3 heterocycles. The van der Waals surface area contributed by atoms with Gasteiger partial charge in [0, 0.05) is 58.6 Å². The van der Waals surface area contributed by atoms with Gasteiger partial charge in [0.2, 0.25) is 0 Å². The molecule has 0 spiro atoms. The Labute approximate surface area is 279 Å². The number of nitrogens with zero attached hydrogens (tertiary/aromatic N) is 2. The van der Waals surface area contributed by atoms with E-state index in [4.69, 9.17) is 18.9 Å². The fourth-order valence-corrected chi connectivity index (χ4v) is 8.37. The molecule has 10 nitrogen and oxygen atoms in total. The van der Waals surface area contributed by atoms with E-state index in [1.165, 1.54) is 7.11 Å². The van der Waals surface area contributed by atoms with Crippen LogP contribution in [0.25, 0.3) is 0 Å². The van der Waals surface area contributed by atoms with Gasteiger partial charge in [0.15, 0.2) is 0 Å². The van der Waals surface area contributed by atoms with Gasteiger partial charge in [-0.3, -0.25) is 24.2 Å². The Balaban J connectivity index is 1.70. The predicted molar refractivity (Wildman–Crippen MR) is 179 cm³/mol. The van der Waals surface area contributed by atoms with E-state index in [2.05, 4.69) is 105 Å². The molecule has 3 saturated heterocycles. The minimum atomic E-state index is -1.45. The van der Waals surface area contributed by atoms with Crippen LogP contribution in [0.15, 0.2) is 0 Å². The molecule has 0 amide bonds.